The highest BCUT2D eigenvalue weighted by Crippen LogP contribution is 2.23. The van der Waals surface area contributed by atoms with Gasteiger partial charge in [0.05, 0.1) is 4.88 Å². The molecule has 0 unspecified atom stereocenters. The molecule has 1 amide bonds. The third-order valence-electron chi connectivity index (χ3n) is 3.91. The lowest BCUT2D eigenvalue weighted by atomic mass is 9.90. The molecule has 0 spiro atoms. The van der Waals surface area contributed by atoms with Crippen molar-refractivity contribution in [1.29, 1.82) is 0 Å². The Morgan fingerprint density at radius 1 is 1.25 bits per heavy atom. The highest BCUT2D eigenvalue weighted by Gasteiger charge is 2.24. The largest absolute Gasteiger partial charge is 0.338 e. The van der Waals surface area contributed by atoms with Crippen molar-refractivity contribution in [1.82, 2.24) is 9.88 Å². The van der Waals surface area contributed by atoms with Crippen molar-refractivity contribution in [3.63, 3.8) is 0 Å². The summed E-state index contributed by atoms with van der Waals surface area (Å²) in [4.78, 5) is 19.2. The van der Waals surface area contributed by atoms with Crippen LogP contribution in [0, 0.1) is 5.92 Å². The molecule has 0 radical (unpaired) electrons. The molecule has 0 atom stereocenters. The molecular weight excluding hydrogens is 268 g/mol. The van der Waals surface area contributed by atoms with Gasteiger partial charge in [0, 0.05) is 25.5 Å². The van der Waals surface area contributed by atoms with Gasteiger partial charge in [0.25, 0.3) is 5.91 Å². The molecule has 1 aliphatic heterocycles. The summed E-state index contributed by atoms with van der Waals surface area (Å²) in [5.41, 5.74) is 1.35. The van der Waals surface area contributed by atoms with Crippen LogP contribution in [0.4, 0.5) is 0 Å². The van der Waals surface area contributed by atoms with Crippen LogP contribution in [-0.2, 0) is 6.42 Å². The van der Waals surface area contributed by atoms with E-state index in [9.17, 15) is 4.79 Å². The normalized spacial score (nSPS) is 16.3. The number of pyridine rings is 1. The van der Waals surface area contributed by atoms with Crippen molar-refractivity contribution in [2.24, 2.45) is 5.92 Å². The SMILES string of the molecule is O=C(c1cccs1)N1CCC(Cc2ccncc2)CC1. The van der Waals surface area contributed by atoms with Crippen LogP contribution in [0.1, 0.15) is 28.1 Å². The van der Waals surface area contributed by atoms with Crippen molar-refractivity contribution in [3.8, 4) is 0 Å². The highest BCUT2D eigenvalue weighted by atomic mass is 32.1. The Bertz CT molecular complexity index is 545. The van der Waals surface area contributed by atoms with E-state index in [1.54, 1.807) is 0 Å². The number of carbonyl (C=O) groups excluding carboxylic acids is 1. The molecule has 2 aromatic rings. The third-order valence-corrected chi connectivity index (χ3v) is 4.77. The smallest absolute Gasteiger partial charge is 0.263 e. The van der Waals surface area contributed by atoms with Crippen LogP contribution in [0.15, 0.2) is 42.0 Å². The number of carbonyl (C=O) groups is 1. The Hall–Kier alpha value is -1.68. The van der Waals surface area contributed by atoms with Crippen LogP contribution in [0.3, 0.4) is 0 Å². The van der Waals surface area contributed by atoms with Crippen molar-refractivity contribution < 1.29 is 4.79 Å². The van der Waals surface area contributed by atoms with E-state index in [2.05, 4.69) is 17.1 Å². The molecule has 20 heavy (non-hydrogen) atoms. The molecule has 0 aliphatic carbocycles. The van der Waals surface area contributed by atoms with Crippen LogP contribution < -0.4 is 0 Å². The molecule has 3 rings (SSSR count). The average molecular weight is 286 g/mol. The monoisotopic (exact) mass is 286 g/mol. The summed E-state index contributed by atoms with van der Waals surface area (Å²) >= 11 is 1.53. The van der Waals surface area contributed by atoms with E-state index in [0.717, 1.165) is 37.2 Å². The molecule has 1 fully saturated rings. The summed E-state index contributed by atoms with van der Waals surface area (Å²) in [7, 11) is 0. The maximum absolute atomic E-state index is 12.3. The van der Waals surface area contributed by atoms with E-state index >= 15 is 0 Å². The molecule has 104 valence electrons. The Morgan fingerprint density at radius 3 is 2.65 bits per heavy atom. The molecule has 3 nitrogen and oxygen atoms in total. The first kappa shape index (κ1) is 13.3. The topological polar surface area (TPSA) is 33.2 Å². The lowest BCUT2D eigenvalue weighted by Crippen LogP contribution is -2.38. The van der Waals surface area contributed by atoms with Crippen molar-refractivity contribution in [3.05, 3.63) is 52.5 Å². The Balaban J connectivity index is 1.53. The summed E-state index contributed by atoms with van der Waals surface area (Å²) in [6, 6.07) is 8.02. The van der Waals surface area contributed by atoms with Crippen LogP contribution >= 0.6 is 11.3 Å². The average Bonchev–Trinajstić information content (AvgIpc) is 3.03. The van der Waals surface area contributed by atoms with Gasteiger partial charge in [0.2, 0.25) is 0 Å². The van der Waals surface area contributed by atoms with Gasteiger partial charge in [0.15, 0.2) is 0 Å². The third kappa shape index (κ3) is 3.07. The summed E-state index contributed by atoms with van der Waals surface area (Å²) in [5, 5.41) is 1.96. The minimum absolute atomic E-state index is 0.197. The van der Waals surface area contributed by atoms with Gasteiger partial charge >= 0.3 is 0 Å². The van der Waals surface area contributed by atoms with Crippen molar-refractivity contribution in [2.45, 2.75) is 19.3 Å². The van der Waals surface area contributed by atoms with Crippen molar-refractivity contribution >= 4 is 17.2 Å². The second-order valence-electron chi connectivity index (χ2n) is 5.27. The van der Waals surface area contributed by atoms with Crippen molar-refractivity contribution in [2.75, 3.05) is 13.1 Å². The van der Waals surface area contributed by atoms with Gasteiger partial charge in [-0.1, -0.05) is 6.07 Å². The van der Waals surface area contributed by atoms with Crippen LogP contribution in [-0.4, -0.2) is 28.9 Å². The molecule has 3 heterocycles. The second kappa shape index (κ2) is 6.18. The molecule has 1 aliphatic rings. The summed E-state index contributed by atoms with van der Waals surface area (Å²) in [5.74, 6) is 0.882. The van der Waals surface area contributed by atoms with Gasteiger partial charge in [-0.05, 0) is 54.3 Å². The van der Waals surface area contributed by atoms with Gasteiger partial charge in [-0.25, -0.2) is 0 Å². The van der Waals surface area contributed by atoms with Gasteiger partial charge in [-0.15, -0.1) is 11.3 Å². The second-order valence-corrected chi connectivity index (χ2v) is 6.22. The van der Waals surface area contributed by atoms with E-state index in [4.69, 9.17) is 0 Å². The maximum atomic E-state index is 12.3. The summed E-state index contributed by atoms with van der Waals surface area (Å²) in [6.07, 6.45) is 7.00. The number of thiophene rings is 1. The molecule has 1 saturated heterocycles. The van der Waals surface area contributed by atoms with E-state index in [1.807, 2.05) is 34.8 Å². The number of amides is 1. The van der Waals surface area contributed by atoms with Gasteiger partial charge < -0.3 is 4.90 Å². The number of likely N-dealkylation sites (tertiary alicyclic amines) is 1. The fraction of sp³-hybridized carbons (Fsp3) is 0.375. The number of rotatable bonds is 3. The molecule has 0 saturated carbocycles. The first-order chi connectivity index (χ1) is 9.83. The number of piperidine rings is 1. The number of hydrogen-bond acceptors (Lipinski definition) is 3. The molecule has 0 aromatic carbocycles. The molecular formula is C16H18N2OS. The van der Waals surface area contributed by atoms with E-state index < -0.39 is 0 Å². The van der Waals surface area contributed by atoms with Crippen LogP contribution in [0.25, 0.3) is 0 Å². The fourth-order valence-corrected chi connectivity index (χ4v) is 3.44. The Morgan fingerprint density at radius 2 is 2.00 bits per heavy atom. The van der Waals surface area contributed by atoms with E-state index in [1.165, 1.54) is 16.9 Å². The minimum atomic E-state index is 0.197. The van der Waals surface area contributed by atoms with Crippen LogP contribution in [0.5, 0.6) is 0 Å². The predicted octanol–water partition coefficient (Wildman–Crippen LogP) is 3.24. The van der Waals surface area contributed by atoms with Crippen LogP contribution in [0.2, 0.25) is 0 Å². The Labute approximate surface area is 123 Å². The molecule has 4 heteroatoms. The lowest BCUT2D eigenvalue weighted by molar-refractivity contribution is 0.0695. The zero-order valence-corrected chi connectivity index (χ0v) is 12.2. The number of aromatic nitrogens is 1. The fourth-order valence-electron chi connectivity index (χ4n) is 2.75. The minimum Gasteiger partial charge on any atom is -0.338 e. The molecule has 0 bridgehead atoms. The van der Waals surface area contributed by atoms with Gasteiger partial charge in [0.1, 0.15) is 0 Å². The molecule has 2 aromatic heterocycles. The van der Waals surface area contributed by atoms with Gasteiger partial charge in [-0.2, -0.15) is 0 Å². The lowest BCUT2D eigenvalue weighted by Gasteiger charge is -2.31. The first-order valence-corrected chi connectivity index (χ1v) is 7.92. The standard InChI is InChI=1S/C16H18N2OS/c19-16(15-2-1-11-20-15)18-9-5-14(6-10-18)12-13-3-7-17-8-4-13/h1-4,7-8,11,14H,5-6,9-10,12H2. The summed E-state index contributed by atoms with van der Waals surface area (Å²) < 4.78 is 0. The number of nitrogens with zero attached hydrogens (tertiary/aromatic N) is 2. The van der Waals surface area contributed by atoms with E-state index in [0.29, 0.717) is 5.92 Å². The molecule has 0 N–H and O–H groups in total. The summed E-state index contributed by atoms with van der Waals surface area (Å²) in [6.45, 7) is 1.76. The van der Waals surface area contributed by atoms with E-state index in [-0.39, 0.29) is 5.91 Å². The predicted molar refractivity (Wildman–Crippen MR) is 80.9 cm³/mol. The number of hydrogen-bond donors (Lipinski definition) is 0. The highest BCUT2D eigenvalue weighted by molar-refractivity contribution is 7.12. The van der Waals surface area contributed by atoms with Gasteiger partial charge in [-0.3, -0.25) is 9.78 Å². The zero-order chi connectivity index (χ0) is 13.8. The maximum Gasteiger partial charge on any atom is 0.263 e. The Kier molecular flexibility index (Phi) is 4.11. The zero-order valence-electron chi connectivity index (χ0n) is 11.4. The quantitative estimate of drug-likeness (QED) is 0.868. The first-order valence-electron chi connectivity index (χ1n) is 7.04.